The maximum absolute atomic E-state index is 12.0. The number of hydrogen-bond acceptors (Lipinski definition) is 2. The predicted octanol–water partition coefficient (Wildman–Crippen LogP) is 3.21. The fourth-order valence-electron chi connectivity index (χ4n) is 2.70. The lowest BCUT2D eigenvalue weighted by atomic mass is 9.88. The zero-order valence-corrected chi connectivity index (χ0v) is 11.5. The normalized spacial score (nSPS) is 21.9. The van der Waals surface area contributed by atoms with Gasteiger partial charge in [-0.3, -0.25) is 4.79 Å². The summed E-state index contributed by atoms with van der Waals surface area (Å²) in [5.41, 5.74) is 9.47. The molecule has 106 valence electrons. The molecule has 2 atom stereocenters. The maximum Gasteiger partial charge on any atom is 0.223 e. The van der Waals surface area contributed by atoms with Crippen LogP contribution >= 0.6 is 0 Å². The van der Waals surface area contributed by atoms with Crippen molar-refractivity contribution >= 4 is 5.91 Å². The van der Waals surface area contributed by atoms with Crippen molar-refractivity contribution in [3.63, 3.8) is 0 Å². The van der Waals surface area contributed by atoms with Gasteiger partial charge in [0.05, 0.1) is 0 Å². The first-order valence-electron chi connectivity index (χ1n) is 7.14. The number of carbonyl (C=O) groups is 1. The first kappa shape index (κ1) is 14.4. The average Bonchev–Trinajstić information content (AvgIpc) is 2.46. The van der Waals surface area contributed by atoms with Crippen LogP contribution in [0.2, 0.25) is 0 Å². The van der Waals surface area contributed by atoms with E-state index >= 15 is 0 Å². The van der Waals surface area contributed by atoms with Gasteiger partial charge in [-0.2, -0.15) is 0 Å². The molecule has 0 aliphatic carbocycles. The number of azide groups is 1. The largest absolute Gasteiger partial charge is 0.353 e. The summed E-state index contributed by atoms with van der Waals surface area (Å²) < 4.78 is 0. The second-order valence-corrected chi connectivity index (χ2v) is 5.27. The molecule has 20 heavy (non-hydrogen) atoms. The van der Waals surface area contributed by atoms with Crippen LogP contribution in [-0.2, 0) is 11.2 Å². The molecule has 0 bridgehead atoms. The third-order valence-corrected chi connectivity index (χ3v) is 3.78. The van der Waals surface area contributed by atoms with Crippen LogP contribution in [0.5, 0.6) is 0 Å². The van der Waals surface area contributed by atoms with Crippen molar-refractivity contribution in [2.75, 3.05) is 6.54 Å². The van der Waals surface area contributed by atoms with Crippen LogP contribution in [0.3, 0.4) is 0 Å². The van der Waals surface area contributed by atoms with Gasteiger partial charge in [0.1, 0.15) is 0 Å². The van der Waals surface area contributed by atoms with Crippen LogP contribution in [0, 0.1) is 5.92 Å². The van der Waals surface area contributed by atoms with Crippen LogP contribution in [0.1, 0.15) is 31.2 Å². The molecule has 5 nitrogen and oxygen atoms in total. The Morgan fingerprint density at radius 2 is 2.10 bits per heavy atom. The van der Waals surface area contributed by atoms with Gasteiger partial charge in [0.2, 0.25) is 5.91 Å². The molecular weight excluding hydrogens is 252 g/mol. The Labute approximate surface area is 119 Å². The summed E-state index contributed by atoms with van der Waals surface area (Å²) in [4.78, 5) is 14.8. The molecule has 0 saturated carbocycles. The molecule has 0 aromatic heterocycles. The molecule has 1 fully saturated rings. The van der Waals surface area contributed by atoms with E-state index in [-0.39, 0.29) is 17.9 Å². The SMILES string of the molecule is [N-]=[N+]=NCCC[C@H]1CC[C@@H](Cc2ccccc2)NC1=O. The van der Waals surface area contributed by atoms with Gasteiger partial charge in [-0.05, 0) is 43.2 Å². The number of rotatable bonds is 6. The Bertz CT molecular complexity index is 482. The fraction of sp³-hybridized carbons (Fsp3) is 0.533. The van der Waals surface area contributed by atoms with Gasteiger partial charge in [0.15, 0.2) is 0 Å². The summed E-state index contributed by atoms with van der Waals surface area (Å²) in [6, 6.07) is 10.5. The van der Waals surface area contributed by atoms with E-state index < -0.39 is 0 Å². The smallest absolute Gasteiger partial charge is 0.223 e. The molecule has 2 rings (SSSR count). The predicted molar refractivity (Wildman–Crippen MR) is 78.0 cm³/mol. The number of carbonyl (C=O) groups excluding carboxylic acids is 1. The molecule has 0 spiro atoms. The molecule has 1 aromatic rings. The Kier molecular flexibility index (Phi) is 5.44. The third-order valence-electron chi connectivity index (χ3n) is 3.78. The minimum Gasteiger partial charge on any atom is -0.353 e. The lowest BCUT2D eigenvalue weighted by Gasteiger charge is -2.29. The maximum atomic E-state index is 12.0. The fourth-order valence-corrected chi connectivity index (χ4v) is 2.70. The number of benzene rings is 1. The Hall–Kier alpha value is -2.00. The van der Waals surface area contributed by atoms with Crippen LogP contribution in [0.25, 0.3) is 10.4 Å². The first-order valence-corrected chi connectivity index (χ1v) is 7.14. The summed E-state index contributed by atoms with van der Waals surface area (Å²) in [6.45, 7) is 0.480. The van der Waals surface area contributed by atoms with E-state index in [0.717, 1.165) is 32.1 Å². The standard InChI is InChI=1S/C15H20N4O/c16-19-17-10-4-7-13-8-9-14(18-15(13)20)11-12-5-2-1-3-6-12/h1-3,5-6,13-14H,4,7-11H2,(H,18,20)/t13-,14-/m0/s1. The van der Waals surface area contributed by atoms with Gasteiger partial charge >= 0.3 is 0 Å². The molecule has 0 radical (unpaired) electrons. The molecular formula is C15H20N4O. The highest BCUT2D eigenvalue weighted by Gasteiger charge is 2.27. The molecule has 5 heteroatoms. The Balaban J connectivity index is 1.77. The molecule has 1 saturated heterocycles. The lowest BCUT2D eigenvalue weighted by Crippen LogP contribution is -2.45. The van der Waals surface area contributed by atoms with E-state index in [1.807, 2.05) is 18.2 Å². The Morgan fingerprint density at radius 1 is 1.30 bits per heavy atom. The summed E-state index contributed by atoms with van der Waals surface area (Å²) in [7, 11) is 0. The summed E-state index contributed by atoms with van der Waals surface area (Å²) >= 11 is 0. The molecule has 0 unspecified atom stereocenters. The van der Waals surface area contributed by atoms with Crippen molar-refractivity contribution in [3.05, 3.63) is 46.3 Å². The van der Waals surface area contributed by atoms with E-state index in [9.17, 15) is 4.79 Å². The van der Waals surface area contributed by atoms with Gasteiger partial charge in [0.25, 0.3) is 0 Å². The number of nitrogens with zero attached hydrogens (tertiary/aromatic N) is 3. The van der Waals surface area contributed by atoms with E-state index in [1.54, 1.807) is 0 Å². The molecule has 1 heterocycles. The van der Waals surface area contributed by atoms with Crippen LogP contribution < -0.4 is 5.32 Å². The second-order valence-electron chi connectivity index (χ2n) is 5.27. The first-order chi connectivity index (χ1) is 9.79. The average molecular weight is 272 g/mol. The van der Waals surface area contributed by atoms with Crippen molar-refractivity contribution < 1.29 is 4.79 Å². The number of piperidine rings is 1. The van der Waals surface area contributed by atoms with E-state index in [1.165, 1.54) is 5.56 Å². The number of nitrogens with one attached hydrogen (secondary N) is 1. The third kappa shape index (κ3) is 4.28. The highest BCUT2D eigenvalue weighted by molar-refractivity contribution is 5.79. The zero-order valence-electron chi connectivity index (χ0n) is 11.5. The van der Waals surface area contributed by atoms with Crippen LogP contribution in [-0.4, -0.2) is 18.5 Å². The van der Waals surface area contributed by atoms with Crippen LogP contribution in [0.4, 0.5) is 0 Å². The van der Waals surface area contributed by atoms with Gasteiger partial charge in [-0.1, -0.05) is 35.4 Å². The van der Waals surface area contributed by atoms with Gasteiger partial charge in [0, 0.05) is 23.4 Å². The van der Waals surface area contributed by atoms with Crippen molar-refractivity contribution in [3.8, 4) is 0 Å². The molecule has 1 amide bonds. The summed E-state index contributed by atoms with van der Waals surface area (Å²) in [5, 5.41) is 6.61. The van der Waals surface area contributed by atoms with E-state index in [2.05, 4.69) is 27.5 Å². The van der Waals surface area contributed by atoms with Gasteiger partial charge < -0.3 is 5.32 Å². The minimum atomic E-state index is 0.0796. The quantitative estimate of drug-likeness (QED) is 0.367. The number of amides is 1. The highest BCUT2D eigenvalue weighted by Crippen LogP contribution is 2.22. The van der Waals surface area contributed by atoms with Gasteiger partial charge in [-0.15, -0.1) is 0 Å². The van der Waals surface area contributed by atoms with Gasteiger partial charge in [-0.25, -0.2) is 0 Å². The van der Waals surface area contributed by atoms with Crippen molar-refractivity contribution in [2.45, 2.75) is 38.1 Å². The second kappa shape index (κ2) is 7.56. The number of hydrogen-bond donors (Lipinski definition) is 1. The lowest BCUT2D eigenvalue weighted by molar-refractivity contribution is -0.128. The van der Waals surface area contributed by atoms with Crippen LogP contribution in [0.15, 0.2) is 35.4 Å². The zero-order chi connectivity index (χ0) is 14.2. The van der Waals surface area contributed by atoms with Crippen molar-refractivity contribution in [1.82, 2.24) is 5.32 Å². The molecule has 1 aliphatic rings. The molecule has 1 aliphatic heterocycles. The summed E-state index contributed by atoms with van der Waals surface area (Å²) in [6.07, 6.45) is 4.44. The topological polar surface area (TPSA) is 77.9 Å². The monoisotopic (exact) mass is 272 g/mol. The Morgan fingerprint density at radius 3 is 2.80 bits per heavy atom. The summed E-state index contributed by atoms with van der Waals surface area (Å²) in [5.74, 6) is 0.231. The van der Waals surface area contributed by atoms with Crippen molar-refractivity contribution in [1.29, 1.82) is 0 Å². The molecule has 1 N–H and O–H groups in total. The molecule has 1 aromatic carbocycles. The minimum absolute atomic E-state index is 0.0796. The van der Waals surface area contributed by atoms with E-state index in [0.29, 0.717) is 6.54 Å². The van der Waals surface area contributed by atoms with E-state index in [4.69, 9.17) is 5.53 Å². The highest BCUT2D eigenvalue weighted by atomic mass is 16.2. The van der Waals surface area contributed by atoms with Crippen molar-refractivity contribution in [2.24, 2.45) is 11.0 Å².